The number of hydrogen-bond donors (Lipinski definition) is 3. The molecule has 1 atom stereocenters. The van der Waals surface area contributed by atoms with Crippen molar-refractivity contribution < 1.29 is 9.53 Å². The molecule has 1 unspecified atom stereocenters. The van der Waals surface area contributed by atoms with E-state index in [2.05, 4.69) is 20.9 Å². The second-order valence-electron chi connectivity index (χ2n) is 5.49. The molecule has 1 amide bonds. The van der Waals surface area contributed by atoms with Crippen molar-refractivity contribution in [1.29, 1.82) is 0 Å². The number of benzene rings is 1. The molecule has 23 heavy (non-hydrogen) atoms. The summed E-state index contributed by atoms with van der Waals surface area (Å²) in [5.41, 5.74) is 1.65. The Morgan fingerprint density at radius 1 is 1.39 bits per heavy atom. The van der Waals surface area contributed by atoms with Crippen LogP contribution in [0.25, 0.3) is 0 Å². The molecule has 6 nitrogen and oxygen atoms in total. The van der Waals surface area contributed by atoms with E-state index in [1.807, 2.05) is 25.1 Å². The van der Waals surface area contributed by atoms with Crippen molar-refractivity contribution in [3.63, 3.8) is 0 Å². The average Bonchev–Trinajstić information content (AvgIpc) is 3.10. The summed E-state index contributed by atoms with van der Waals surface area (Å²) in [6.07, 6.45) is 2.50. The summed E-state index contributed by atoms with van der Waals surface area (Å²) in [5.74, 6) is 0.688. The molecule has 126 valence electrons. The Balaban J connectivity index is 1.94. The molecule has 0 radical (unpaired) electrons. The van der Waals surface area contributed by atoms with Gasteiger partial charge in [0.15, 0.2) is 5.96 Å². The lowest BCUT2D eigenvalue weighted by Crippen LogP contribution is -2.41. The van der Waals surface area contributed by atoms with Crippen LogP contribution in [0, 0.1) is 0 Å². The lowest BCUT2D eigenvalue weighted by atomic mass is 10.1. The number of carbonyl (C=O) groups is 1. The van der Waals surface area contributed by atoms with E-state index in [9.17, 15) is 4.79 Å². The summed E-state index contributed by atoms with van der Waals surface area (Å²) in [7, 11) is 1.63. The molecule has 3 N–H and O–H groups in total. The minimum absolute atomic E-state index is 0.0840. The van der Waals surface area contributed by atoms with E-state index in [1.54, 1.807) is 13.1 Å². The zero-order valence-electron chi connectivity index (χ0n) is 13.9. The summed E-state index contributed by atoms with van der Waals surface area (Å²) in [5, 5.41) is 9.18. The third kappa shape index (κ3) is 5.56. The monoisotopic (exact) mass is 318 g/mol. The molecule has 1 aliphatic heterocycles. The number of amides is 1. The maximum absolute atomic E-state index is 11.7. The van der Waals surface area contributed by atoms with E-state index in [0.717, 1.165) is 44.1 Å². The largest absolute Gasteiger partial charge is 0.376 e. The predicted octanol–water partition coefficient (Wildman–Crippen LogP) is 1.28. The first-order valence-electron chi connectivity index (χ1n) is 8.17. The van der Waals surface area contributed by atoms with Crippen molar-refractivity contribution in [1.82, 2.24) is 16.0 Å². The number of rotatable bonds is 6. The van der Waals surface area contributed by atoms with Gasteiger partial charge in [0.25, 0.3) is 5.91 Å². The molecule has 0 saturated carbocycles. The van der Waals surface area contributed by atoms with Gasteiger partial charge in [-0.3, -0.25) is 4.79 Å². The van der Waals surface area contributed by atoms with Crippen molar-refractivity contribution in [2.24, 2.45) is 4.99 Å². The van der Waals surface area contributed by atoms with Gasteiger partial charge in [-0.15, -0.1) is 0 Å². The van der Waals surface area contributed by atoms with Crippen LogP contribution >= 0.6 is 0 Å². The van der Waals surface area contributed by atoms with Gasteiger partial charge in [0.1, 0.15) is 0 Å². The van der Waals surface area contributed by atoms with E-state index in [4.69, 9.17) is 4.74 Å². The highest BCUT2D eigenvalue weighted by molar-refractivity contribution is 5.94. The molecule has 0 aromatic heterocycles. The van der Waals surface area contributed by atoms with Gasteiger partial charge in [-0.2, -0.15) is 0 Å². The van der Waals surface area contributed by atoms with Crippen molar-refractivity contribution in [2.75, 3.05) is 26.7 Å². The van der Waals surface area contributed by atoms with Crippen LogP contribution in [0.1, 0.15) is 35.7 Å². The van der Waals surface area contributed by atoms with Crippen LogP contribution in [0.3, 0.4) is 0 Å². The zero-order chi connectivity index (χ0) is 16.5. The Hall–Kier alpha value is -2.08. The summed E-state index contributed by atoms with van der Waals surface area (Å²) in [6, 6.07) is 7.51. The number of hydrogen-bond acceptors (Lipinski definition) is 3. The second kappa shape index (κ2) is 9.15. The number of guanidine groups is 1. The standard InChI is InChI=1S/C17H26N4O2/c1-3-19-17(21-12-15-8-5-9-23-15)20-11-13-6-4-7-14(10-13)16(22)18-2/h4,6-7,10,15H,3,5,8-9,11-12H2,1-2H3,(H,18,22)(H2,19,20,21). The van der Waals surface area contributed by atoms with Crippen LogP contribution in [-0.2, 0) is 11.3 Å². The number of carbonyl (C=O) groups excluding carboxylic acids is 1. The Morgan fingerprint density at radius 3 is 2.96 bits per heavy atom. The van der Waals surface area contributed by atoms with Crippen LogP contribution in [0.5, 0.6) is 0 Å². The number of nitrogens with zero attached hydrogens (tertiary/aromatic N) is 1. The van der Waals surface area contributed by atoms with Crippen molar-refractivity contribution >= 4 is 11.9 Å². The fourth-order valence-corrected chi connectivity index (χ4v) is 2.48. The maximum Gasteiger partial charge on any atom is 0.251 e. The van der Waals surface area contributed by atoms with Crippen molar-refractivity contribution in [3.05, 3.63) is 35.4 Å². The fourth-order valence-electron chi connectivity index (χ4n) is 2.48. The quantitative estimate of drug-likeness (QED) is 0.546. The highest BCUT2D eigenvalue weighted by Gasteiger charge is 2.15. The van der Waals surface area contributed by atoms with Crippen LogP contribution in [0.4, 0.5) is 0 Å². The fraction of sp³-hybridized carbons (Fsp3) is 0.529. The molecule has 0 spiro atoms. The highest BCUT2D eigenvalue weighted by atomic mass is 16.5. The molecule has 1 fully saturated rings. The maximum atomic E-state index is 11.7. The van der Waals surface area contributed by atoms with E-state index >= 15 is 0 Å². The molecule has 0 aliphatic carbocycles. The third-order valence-corrected chi connectivity index (χ3v) is 3.70. The van der Waals surface area contributed by atoms with Gasteiger partial charge >= 0.3 is 0 Å². The average molecular weight is 318 g/mol. The Bertz CT molecular complexity index is 539. The van der Waals surface area contributed by atoms with Crippen molar-refractivity contribution in [3.8, 4) is 0 Å². The molecule has 6 heteroatoms. The first-order valence-corrected chi connectivity index (χ1v) is 8.17. The number of nitrogens with one attached hydrogen (secondary N) is 3. The lowest BCUT2D eigenvalue weighted by molar-refractivity contribution is 0.0963. The molecule has 1 saturated heterocycles. The number of ether oxygens (including phenoxy) is 1. The third-order valence-electron chi connectivity index (χ3n) is 3.70. The van der Waals surface area contributed by atoms with E-state index < -0.39 is 0 Å². The van der Waals surface area contributed by atoms with Gasteiger partial charge in [-0.25, -0.2) is 4.99 Å². The highest BCUT2D eigenvalue weighted by Crippen LogP contribution is 2.10. The van der Waals surface area contributed by atoms with Crippen molar-refractivity contribution in [2.45, 2.75) is 32.4 Å². The molecule has 1 aliphatic rings. The van der Waals surface area contributed by atoms with Crippen LogP contribution in [0.15, 0.2) is 29.3 Å². The van der Waals surface area contributed by atoms with Crippen LogP contribution in [0.2, 0.25) is 0 Å². The molecule has 0 bridgehead atoms. The van der Waals surface area contributed by atoms with Crippen LogP contribution in [-0.4, -0.2) is 44.7 Å². The summed E-state index contributed by atoms with van der Waals surface area (Å²) in [4.78, 5) is 16.2. The Kier molecular flexibility index (Phi) is 6.87. The lowest BCUT2D eigenvalue weighted by Gasteiger charge is -2.14. The van der Waals surface area contributed by atoms with Gasteiger partial charge in [0, 0.05) is 32.3 Å². The minimum atomic E-state index is -0.0840. The van der Waals surface area contributed by atoms with Gasteiger partial charge in [0.2, 0.25) is 0 Å². The summed E-state index contributed by atoms with van der Waals surface area (Å²) in [6.45, 7) is 4.98. The van der Waals surface area contributed by atoms with E-state index in [-0.39, 0.29) is 12.0 Å². The topological polar surface area (TPSA) is 74.8 Å². The molecule has 1 aromatic rings. The molecule has 1 heterocycles. The smallest absolute Gasteiger partial charge is 0.251 e. The Morgan fingerprint density at radius 2 is 2.26 bits per heavy atom. The molecule has 1 aromatic carbocycles. The summed E-state index contributed by atoms with van der Waals surface area (Å²) < 4.78 is 5.61. The van der Waals surface area contributed by atoms with E-state index in [0.29, 0.717) is 12.1 Å². The zero-order valence-corrected chi connectivity index (χ0v) is 13.9. The molecule has 2 rings (SSSR count). The van der Waals surface area contributed by atoms with Gasteiger partial charge in [-0.05, 0) is 37.5 Å². The Labute approximate surface area is 137 Å². The first-order chi connectivity index (χ1) is 11.2. The van der Waals surface area contributed by atoms with E-state index in [1.165, 1.54) is 0 Å². The SMILES string of the molecule is CCNC(=NCc1cccc(C(=O)NC)c1)NCC1CCCO1. The minimum Gasteiger partial charge on any atom is -0.376 e. The molecular formula is C17H26N4O2. The normalized spacial score (nSPS) is 17.8. The summed E-state index contributed by atoms with van der Waals surface area (Å²) >= 11 is 0. The molecular weight excluding hydrogens is 292 g/mol. The van der Waals surface area contributed by atoms with Crippen LogP contribution < -0.4 is 16.0 Å². The van der Waals surface area contributed by atoms with Gasteiger partial charge in [-0.1, -0.05) is 12.1 Å². The first kappa shape index (κ1) is 17.3. The number of aliphatic imine (C=N–C) groups is 1. The predicted molar refractivity (Wildman–Crippen MR) is 91.6 cm³/mol. The second-order valence-corrected chi connectivity index (χ2v) is 5.49. The van der Waals surface area contributed by atoms with Gasteiger partial charge < -0.3 is 20.7 Å². The van der Waals surface area contributed by atoms with Gasteiger partial charge in [0.05, 0.1) is 12.6 Å².